The Morgan fingerprint density at radius 3 is 2.38 bits per heavy atom. The van der Waals surface area contributed by atoms with E-state index in [-0.39, 0.29) is 5.91 Å². The van der Waals surface area contributed by atoms with Gasteiger partial charge in [-0.1, -0.05) is 33.6 Å². The number of benzene rings is 2. The highest BCUT2D eigenvalue weighted by atomic mass is 79.9. The van der Waals surface area contributed by atoms with Crippen LogP contribution in [0.2, 0.25) is 5.02 Å². The fraction of sp³-hybridized carbons (Fsp3) is 0.0667. The van der Waals surface area contributed by atoms with Crippen LogP contribution in [0.15, 0.2) is 53.0 Å². The normalized spacial score (nSPS) is 10.2. The van der Waals surface area contributed by atoms with Crippen molar-refractivity contribution in [2.24, 2.45) is 0 Å². The summed E-state index contributed by atoms with van der Waals surface area (Å²) in [5.74, 6) is -1.48. The number of halogens is 2. The largest absolute Gasteiger partial charge is 0.480 e. The molecule has 0 aliphatic heterocycles. The molecule has 0 fully saturated rings. The number of rotatable bonds is 4. The molecular weight excluding hydrogens is 358 g/mol. The third-order valence-corrected chi connectivity index (χ3v) is 3.49. The first-order valence-corrected chi connectivity index (χ1v) is 7.19. The highest BCUT2D eigenvalue weighted by Gasteiger charge is 2.20. The van der Waals surface area contributed by atoms with Crippen molar-refractivity contribution >= 4 is 45.1 Å². The molecule has 0 spiro atoms. The number of aliphatic carboxylic acids is 1. The maximum atomic E-state index is 12.5. The van der Waals surface area contributed by atoms with E-state index in [1.807, 2.05) is 0 Å². The fourth-order valence-corrected chi connectivity index (χ4v) is 2.34. The van der Waals surface area contributed by atoms with Crippen LogP contribution in [-0.4, -0.2) is 23.5 Å². The molecule has 2 aromatic carbocycles. The van der Waals surface area contributed by atoms with Crippen molar-refractivity contribution in [3.05, 3.63) is 63.6 Å². The lowest BCUT2D eigenvalue weighted by atomic mass is 10.2. The third kappa shape index (κ3) is 4.06. The minimum Gasteiger partial charge on any atom is -0.480 e. The lowest BCUT2D eigenvalue weighted by Crippen LogP contribution is -2.35. The van der Waals surface area contributed by atoms with Gasteiger partial charge in [0.25, 0.3) is 5.91 Å². The molecule has 108 valence electrons. The Labute approximate surface area is 135 Å². The van der Waals surface area contributed by atoms with Gasteiger partial charge in [-0.2, -0.15) is 0 Å². The molecule has 4 nitrogen and oxygen atoms in total. The van der Waals surface area contributed by atoms with Gasteiger partial charge >= 0.3 is 5.97 Å². The second-order valence-corrected chi connectivity index (χ2v) is 5.62. The van der Waals surface area contributed by atoms with E-state index in [2.05, 4.69) is 15.9 Å². The predicted octanol–water partition coefficient (Wildman–Crippen LogP) is 3.83. The van der Waals surface area contributed by atoms with Gasteiger partial charge in [-0.25, -0.2) is 0 Å². The number of amides is 1. The quantitative estimate of drug-likeness (QED) is 0.892. The van der Waals surface area contributed by atoms with Gasteiger partial charge in [0.15, 0.2) is 0 Å². The molecule has 0 aliphatic rings. The van der Waals surface area contributed by atoms with Crippen molar-refractivity contribution in [2.75, 3.05) is 11.4 Å². The van der Waals surface area contributed by atoms with Crippen LogP contribution in [0.5, 0.6) is 0 Å². The van der Waals surface area contributed by atoms with E-state index in [1.54, 1.807) is 48.5 Å². The number of anilines is 1. The average Bonchev–Trinajstić information content (AvgIpc) is 2.45. The lowest BCUT2D eigenvalue weighted by Gasteiger charge is -2.21. The monoisotopic (exact) mass is 367 g/mol. The maximum absolute atomic E-state index is 12.5. The summed E-state index contributed by atoms with van der Waals surface area (Å²) in [6.07, 6.45) is 0. The minimum atomic E-state index is -1.09. The molecule has 2 aromatic rings. The van der Waals surface area contributed by atoms with Crippen molar-refractivity contribution < 1.29 is 14.7 Å². The summed E-state index contributed by atoms with van der Waals surface area (Å²) >= 11 is 9.11. The van der Waals surface area contributed by atoms with Gasteiger partial charge in [-0.05, 0) is 42.5 Å². The molecule has 0 heterocycles. The van der Waals surface area contributed by atoms with E-state index in [0.29, 0.717) is 16.3 Å². The van der Waals surface area contributed by atoms with Crippen molar-refractivity contribution in [1.29, 1.82) is 0 Å². The van der Waals surface area contributed by atoms with Crippen LogP contribution in [0.3, 0.4) is 0 Å². The van der Waals surface area contributed by atoms with Gasteiger partial charge < -0.3 is 5.11 Å². The Balaban J connectivity index is 2.38. The number of carbonyl (C=O) groups is 2. The zero-order chi connectivity index (χ0) is 15.4. The van der Waals surface area contributed by atoms with E-state index >= 15 is 0 Å². The third-order valence-electron chi connectivity index (χ3n) is 2.75. The van der Waals surface area contributed by atoms with Crippen LogP contribution in [0.25, 0.3) is 0 Å². The number of hydrogen-bond donors (Lipinski definition) is 1. The Morgan fingerprint density at radius 1 is 1.14 bits per heavy atom. The van der Waals surface area contributed by atoms with Crippen LogP contribution in [0, 0.1) is 0 Å². The van der Waals surface area contributed by atoms with Crippen molar-refractivity contribution in [1.82, 2.24) is 0 Å². The summed E-state index contributed by atoms with van der Waals surface area (Å²) in [6, 6.07) is 13.2. The Bertz CT molecular complexity index is 673. The minimum absolute atomic E-state index is 0.388. The zero-order valence-corrected chi connectivity index (χ0v) is 13.1. The first-order chi connectivity index (χ1) is 9.97. The van der Waals surface area contributed by atoms with E-state index in [0.717, 1.165) is 4.47 Å². The molecule has 1 N–H and O–H groups in total. The summed E-state index contributed by atoms with van der Waals surface area (Å²) in [5, 5.41) is 9.54. The number of nitrogens with zero attached hydrogens (tertiary/aromatic N) is 1. The first kappa shape index (κ1) is 15.5. The van der Waals surface area contributed by atoms with Crippen LogP contribution in [0.4, 0.5) is 5.69 Å². The van der Waals surface area contributed by atoms with Crippen LogP contribution >= 0.6 is 27.5 Å². The Hall–Kier alpha value is -1.85. The molecule has 0 radical (unpaired) electrons. The highest BCUT2D eigenvalue weighted by molar-refractivity contribution is 9.10. The van der Waals surface area contributed by atoms with Crippen molar-refractivity contribution in [3.8, 4) is 0 Å². The van der Waals surface area contributed by atoms with Gasteiger partial charge in [0.1, 0.15) is 6.54 Å². The van der Waals surface area contributed by atoms with Gasteiger partial charge in [0, 0.05) is 20.7 Å². The Morgan fingerprint density at radius 2 is 1.81 bits per heavy atom. The second-order valence-electron chi connectivity index (χ2n) is 4.27. The topological polar surface area (TPSA) is 57.6 Å². The molecule has 0 aromatic heterocycles. The number of carbonyl (C=O) groups excluding carboxylic acids is 1. The van der Waals surface area contributed by atoms with Crippen molar-refractivity contribution in [2.45, 2.75) is 0 Å². The Kier molecular flexibility index (Phi) is 4.98. The summed E-state index contributed by atoms with van der Waals surface area (Å²) in [5.41, 5.74) is 0.882. The molecule has 2 rings (SSSR count). The molecule has 0 saturated carbocycles. The smallest absolute Gasteiger partial charge is 0.323 e. The molecule has 0 unspecified atom stereocenters. The maximum Gasteiger partial charge on any atom is 0.323 e. The average molecular weight is 369 g/mol. The predicted molar refractivity (Wildman–Crippen MR) is 84.9 cm³/mol. The fourth-order valence-electron chi connectivity index (χ4n) is 1.81. The molecule has 0 atom stereocenters. The van der Waals surface area contributed by atoms with Gasteiger partial charge in [0.05, 0.1) is 0 Å². The van der Waals surface area contributed by atoms with Crippen molar-refractivity contribution in [3.63, 3.8) is 0 Å². The van der Waals surface area contributed by atoms with Crippen LogP contribution in [-0.2, 0) is 4.79 Å². The van der Waals surface area contributed by atoms with Gasteiger partial charge in [0.2, 0.25) is 0 Å². The van der Waals surface area contributed by atoms with E-state index in [9.17, 15) is 9.59 Å². The van der Waals surface area contributed by atoms with E-state index < -0.39 is 12.5 Å². The van der Waals surface area contributed by atoms with Crippen LogP contribution < -0.4 is 4.90 Å². The molecule has 0 saturated heterocycles. The standard InChI is InChI=1S/C15H11BrClNO3/c16-11-3-1-2-10(8-11)15(21)18(9-14(19)20)13-6-4-12(17)5-7-13/h1-8H,9H2,(H,19,20). The number of carboxylic acids is 1. The van der Waals surface area contributed by atoms with E-state index in [1.165, 1.54) is 4.90 Å². The van der Waals surface area contributed by atoms with E-state index in [4.69, 9.17) is 16.7 Å². The van der Waals surface area contributed by atoms with Gasteiger partial charge in [-0.15, -0.1) is 0 Å². The highest BCUT2D eigenvalue weighted by Crippen LogP contribution is 2.21. The molecule has 6 heteroatoms. The molecular formula is C15H11BrClNO3. The summed E-state index contributed by atoms with van der Waals surface area (Å²) in [7, 11) is 0. The molecule has 1 amide bonds. The SMILES string of the molecule is O=C(O)CN(C(=O)c1cccc(Br)c1)c1ccc(Cl)cc1. The molecule has 21 heavy (non-hydrogen) atoms. The van der Waals surface area contributed by atoms with Crippen LogP contribution in [0.1, 0.15) is 10.4 Å². The molecule has 0 bridgehead atoms. The van der Waals surface area contributed by atoms with Gasteiger partial charge in [-0.3, -0.25) is 14.5 Å². The first-order valence-electron chi connectivity index (χ1n) is 6.02. The lowest BCUT2D eigenvalue weighted by molar-refractivity contribution is -0.135. The zero-order valence-electron chi connectivity index (χ0n) is 10.8. The number of carboxylic acid groups (broad SMARTS) is 1. The summed E-state index contributed by atoms with van der Waals surface area (Å²) in [6.45, 7) is -0.424. The summed E-state index contributed by atoms with van der Waals surface area (Å²) in [4.78, 5) is 24.7. The molecule has 0 aliphatic carbocycles. The summed E-state index contributed by atoms with van der Waals surface area (Å²) < 4.78 is 0.750. The number of hydrogen-bond acceptors (Lipinski definition) is 2. The second kappa shape index (κ2) is 6.74.